The Kier molecular flexibility index (Phi) is 6.05. The third-order valence-corrected chi connectivity index (χ3v) is 6.52. The molecule has 2 aromatic rings. The van der Waals surface area contributed by atoms with Crippen LogP contribution in [0.2, 0.25) is 0 Å². The van der Waals surface area contributed by atoms with Crippen LogP contribution < -0.4 is 5.32 Å². The number of nitrogens with one attached hydrogen (secondary N) is 1. The SMILES string of the molecule is CN(C)S(=O)(=O)N1CCC[C@H](c2ccnc(Nc3ncccc3C(F)(F)F)n2)C1. The number of hydrogen-bond acceptors (Lipinski definition) is 6. The van der Waals surface area contributed by atoms with E-state index in [1.165, 1.54) is 36.9 Å². The standard InChI is InChI=1S/C17H21F3N6O2S/c1-25(2)29(27,28)26-10-4-5-12(11-26)14-7-9-22-16(23-14)24-15-13(17(18,19)20)6-3-8-21-15/h3,6-9,12H,4-5,10-11H2,1-2H3,(H,21,22,23,24)/t12-/m0/s1. The molecule has 0 aromatic carbocycles. The lowest BCUT2D eigenvalue weighted by Crippen LogP contribution is -2.45. The quantitative estimate of drug-likeness (QED) is 0.784. The van der Waals surface area contributed by atoms with Crippen LogP contribution in [-0.2, 0) is 16.4 Å². The molecule has 0 radical (unpaired) electrons. The molecule has 1 N–H and O–H groups in total. The first kappa shape index (κ1) is 21.4. The predicted octanol–water partition coefficient (Wildman–Crippen LogP) is 2.62. The molecule has 1 aliphatic rings. The number of pyridine rings is 1. The molecule has 0 aliphatic carbocycles. The first-order valence-corrected chi connectivity index (χ1v) is 10.3. The number of nitrogens with zero attached hydrogens (tertiary/aromatic N) is 5. The zero-order valence-electron chi connectivity index (χ0n) is 15.9. The number of aromatic nitrogens is 3. The van der Waals surface area contributed by atoms with E-state index in [2.05, 4.69) is 20.3 Å². The van der Waals surface area contributed by atoms with E-state index in [0.717, 1.165) is 10.4 Å². The normalized spacial score (nSPS) is 18.8. The number of rotatable bonds is 5. The highest BCUT2D eigenvalue weighted by Gasteiger charge is 2.35. The van der Waals surface area contributed by atoms with Crippen LogP contribution in [-0.4, -0.2) is 59.2 Å². The lowest BCUT2D eigenvalue weighted by atomic mass is 9.96. The molecular weight excluding hydrogens is 409 g/mol. The Morgan fingerprint density at radius 1 is 1.21 bits per heavy atom. The molecule has 1 saturated heterocycles. The average Bonchev–Trinajstić information content (AvgIpc) is 2.68. The van der Waals surface area contributed by atoms with Gasteiger partial charge in [0.1, 0.15) is 5.82 Å². The van der Waals surface area contributed by atoms with Crippen molar-refractivity contribution in [1.29, 1.82) is 0 Å². The summed E-state index contributed by atoms with van der Waals surface area (Å²) in [4.78, 5) is 12.0. The number of piperidine rings is 1. The first-order valence-electron chi connectivity index (χ1n) is 8.89. The Morgan fingerprint density at radius 2 is 1.97 bits per heavy atom. The summed E-state index contributed by atoms with van der Waals surface area (Å²) >= 11 is 0. The smallest absolute Gasteiger partial charge is 0.308 e. The topological polar surface area (TPSA) is 91.3 Å². The van der Waals surface area contributed by atoms with E-state index in [1.807, 2.05) is 0 Å². The summed E-state index contributed by atoms with van der Waals surface area (Å²) in [5.74, 6) is -0.607. The molecule has 0 saturated carbocycles. The Morgan fingerprint density at radius 3 is 2.66 bits per heavy atom. The van der Waals surface area contributed by atoms with Gasteiger partial charge in [0.2, 0.25) is 5.95 Å². The number of halogens is 3. The van der Waals surface area contributed by atoms with E-state index in [-0.39, 0.29) is 18.4 Å². The van der Waals surface area contributed by atoms with Crippen molar-refractivity contribution in [1.82, 2.24) is 23.6 Å². The summed E-state index contributed by atoms with van der Waals surface area (Å²) in [7, 11) is -0.611. The van der Waals surface area contributed by atoms with E-state index < -0.39 is 27.8 Å². The molecule has 0 unspecified atom stereocenters. The summed E-state index contributed by atoms with van der Waals surface area (Å²) in [5.41, 5.74) is -0.361. The van der Waals surface area contributed by atoms with E-state index in [9.17, 15) is 21.6 Å². The van der Waals surface area contributed by atoms with Crippen molar-refractivity contribution in [3.63, 3.8) is 0 Å². The summed E-state index contributed by atoms with van der Waals surface area (Å²) in [5, 5.41) is 2.52. The van der Waals surface area contributed by atoms with Gasteiger partial charge in [-0.2, -0.15) is 30.2 Å². The molecule has 158 valence electrons. The third kappa shape index (κ3) is 4.82. The fourth-order valence-corrected chi connectivity index (χ4v) is 4.31. The van der Waals surface area contributed by atoms with E-state index >= 15 is 0 Å². The Bertz CT molecular complexity index is 968. The molecule has 12 heteroatoms. The highest BCUT2D eigenvalue weighted by Crippen LogP contribution is 2.34. The summed E-state index contributed by atoms with van der Waals surface area (Å²) in [6.45, 7) is 0.657. The fraction of sp³-hybridized carbons (Fsp3) is 0.471. The molecule has 0 amide bonds. The monoisotopic (exact) mass is 430 g/mol. The Hall–Kier alpha value is -2.31. The van der Waals surface area contributed by atoms with Crippen LogP contribution in [0, 0.1) is 0 Å². The highest BCUT2D eigenvalue weighted by molar-refractivity contribution is 7.86. The number of alkyl halides is 3. The van der Waals surface area contributed by atoms with E-state index in [0.29, 0.717) is 25.1 Å². The summed E-state index contributed by atoms with van der Waals surface area (Å²) in [6, 6.07) is 3.77. The van der Waals surface area contributed by atoms with Crippen molar-refractivity contribution in [3.8, 4) is 0 Å². The maximum atomic E-state index is 13.2. The highest BCUT2D eigenvalue weighted by atomic mass is 32.2. The minimum atomic E-state index is -4.57. The van der Waals surface area contributed by atoms with Crippen LogP contribution >= 0.6 is 0 Å². The second kappa shape index (κ2) is 8.20. The van der Waals surface area contributed by atoms with Gasteiger partial charge in [0, 0.05) is 45.5 Å². The van der Waals surface area contributed by atoms with Gasteiger partial charge in [-0.3, -0.25) is 0 Å². The van der Waals surface area contributed by atoms with Crippen molar-refractivity contribution < 1.29 is 21.6 Å². The van der Waals surface area contributed by atoms with Crippen molar-refractivity contribution in [2.45, 2.75) is 24.9 Å². The predicted molar refractivity (Wildman–Crippen MR) is 101 cm³/mol. The van der Waals surface area contributed by atoms with Gasteiger partial charge in [0.25, 0.3) is 10.2 Å². The molecule has 29 heavy (non-hydrogen) atoms. The number of anilines is 2. The zero-order valence-corrected chi connectivity index (χ0v) is 16.7. The molecule has 1 aliphatic heterocycles. The lowest BCUT2D eigenvalue weighted by Gasteiger charge is -2.33. The van der Waals surface area contributed by atoms with Crippen LogP contribution in [0.3, 0.4) is 0 Å². The fourth-order valence-electron chi connectivity index (χ4n) is 3.12. The minimum absolute atomic E-state index is 0.0284. The molecule has 8 nitrogen and oxygen atoms in total. The van der Waals surface area contributed by atoms with Crippen molar-refractivity contribution in [2.75, 3.05) is 32.5 Å². The van der Waals surface area contributed by atoms with Crippen LogP contribution in [0.4, 0.5) is 24.9 Å². The van der Waals surface area contributed by atoms with Crippen LogP contribution in [0.15, 0.2) is 30.6 Å². The van der Waals surface area contributed by atoms with Gasteiger partial charge in [-0.25, -0.2) is 15.0 Å². The van der Waals surface area contributed by atoms with Gasteiger partial charge >= 0.3 is 6.18 Å². The minimum Gasteiger partial charge on any atom is -0.308 e. The molecule has 3 heterocycles. The maximum Gasteiger partial charge on any atom is 0.419 e. The van der Waals surface area contributed by atoms with Gasteiger partial charge in [-0.1, -0.05) is 0 Å². The maximum absolute atomic E-state index is 13.2. The second-order valence-electron chi connectivity index (χ2n) is 6.81. The van der Waals surface area contributed by atoms with Crippen molar-refractivity contribution >= 4 is 22.0 Å². The van der Waals surface area contributed by atoms with Gasteiger partial charge in [-0.15, -0.1) is 0 Å². The van der Waals surface area contributed by atoms with Gasteiger partial charge in [0.15, 0.2) is 0 Å². The molecule has 3 rings (SSSR count). The molecule has 2 aromatic heterocycles. The van der Waals surface area contributed by atoms with E-state index in [4.69, 9.17) is 0 Å². The Balaban J connectivity index is 1.82. The molecule has 0 bridgehead atoms. The third-order valence-electron chi connectivity index (χ3n) is 4.61. The van der Waals surface area contributed by atoms with Crippen LogP contribution in [0.5, 0.6) is 0 Å². The van der Waals surface area contributed by atoms with Gasteiger partial charge in [-0.05, 0) is 31.0 Å². The van der Waals surface area contributed by atoms with Crippen LogP contribution in [0.25, 0.3) is 0 Å². The Labute approximate surface area is 167 Å². The van der Waals surface area contributed by atoms with Gasteiger partial charge < -0.3 is 5.32 Å². The van der Waals surface area contributed by atoms with Crippen LogP contribution in [0.1, 0.15) is 30.0 Å². The van der Waals surface area contributed by atoms with Crippen molar-refractivity contribution in [2.24, 2.45) is 0 Å². The second-order valence-corrected chi connectivity index (χ2v) is 8.96. The molecule has 1 fully saturated rings. The van der Waals surface area contributed by atoms with E-state index in [1.54, 1.807) is 6.07 Å². The molecular formula is C17H21F3N6O2S. The molecule has 0 spiro atoms. The molecule has 1 atom stereocenters. The largest absolute Gasteiger partial charge is 0.419 e. The summed E-state index contributed by atoms with van der Waals surface area (Å²) < 4.78 is 66.8. The zero-order chi connectivity index (χ0) is 21.2. The summed E-state index contributed by atoms with van der Waals surface area (Å²) in [6.07, 6.45) is -0.526. The first-order chi connectivity index (χ1) is 13.6. The average molecular weight is 430 g/mol. The van der Waals surface area contributed by atoms with Crippen molar-refractivity contribution in [3.05, 3.63) is 41.9 Å². The number of hydrogen-bond donors (Lipinski definition) is 1. The lowest BCUT2D eigenvalue weighted by molar-refractivity contribution is -0.137. The van der Waals surface area contributed by atoms with Gasteiger partial charge in [0.05, 0.1) is 11.3 Å².